The van der Waals surface area contributed by atoms with Crippen molar-refractivity contribution in [2.75, 3.05) is 19.6 Å². The summed E-state index contributed by atoms with van der Waals surface area (Å²) in [6.45, 7) is 11.9. The Balaban J connectivity index is 2.22. The van der Waals surface area contributed by atoms with Crippen LogP contribution in [0.4, 0.5) is 0 Å². The van der Waals surface area contributed by atoms with Crippen molar-refractivity contribution in [1.29, 1.82) is 0 Å². The van der Waals surface area contributed by atoms with Gasteiger partial charge in [0.1, 0.15) is 0 Å². The second-order valence-corrected chi connectivity index (χ2v) is 6.29. The van der Waals surface area contributed by atoms with Gasteiger partial charge in [-0.05, 0) is 49.6 Å². The Morgan fingerprint density at radius 2 is 1.83 bits per heavy atom. The Hall–Kier alpha value is -0.570. The highest BCUT2D eigenvalue weighted by Gasteiger charge is 2.22. The Morgan fingerprint density at radius 3 is 2.39 bits per heavy atom. The molecule has 3 nitrogen and oxygen atoms in total. The lowest BCUT2D eigenvalue weighted by molar-refractivity contribution is -0.122. The molecule has 1 fully saturated rings. The van der Waals surface area contributed by atoms with Gasteiger partial charge in [-0.3, -0.25) is 4.79 Å². The predicted molar refractivity (Wildman–Crippen MR) is 76.4 cm³/mol. The third kappa shape index (κ3) is 5.38. The van der Waals surface area contributed by atoms with Gasteiger partial charge in [0.05, 0.1) is 0 Å². The van der Waals surface area contributed by atoms with Gasteiger partial charge < -0.3 is 10.6 Å². The Labute approximate surface area is 112 Å². The molecule has 1 amide bonds. The lowest BCUT2D eigenvalue weighted by Gasteiger charge is -2.28. The number of rotatable bonds is 6. The van der Waals surface area contributed by atoms with E-state index in [1.807, 2.05) is 0 Å². The number of hydrogen-bond donors (Lipinski definition) is 2. The Morgan fingerprint density at radius 1 is 1.22 bits per heavy atom. The van der Waals surface area contributed by atoms with Crippen molar-refractivity contribution in [3.05, 3.63) is 0 Å². The van der Waals surface area contributed by atoms with E-state index < -0.39 is 0 Å². The molecule has 0 radical (unpaired) electrons. The SMILES string of the molecule is CC(C)C(C)CNC(=O)CC(C)C1CCNCC1. The quantitative estimate of drug-likeness (QED) is 0.764. The van der Waals surface area contributed by atoms with E-state index in [1.165, 1.54) is 12.8 Å². The zero-order chi connectivity index (χ0) is 13.5. The fraction of sp³-hybridized carbons (Fsp3) is 0.933. The van der Waals surface area contributed by atoms with Gasteiger partial charge >= 0.3 is 0 Å². The zero-order valence-corrected chi connectivity index (χ0v) is 12.5. The van der Waals surface area contributed by atoms with Crippen LogP contribution >= 0.6 is 0 Å². The summed E-state index contributed by atoms with van der Waals surface area (Å²) in [5, 5.41) is 6.45. The first-order valence-corrected chi connectivity index (χ1v) is 7.48. The number of nitrogens with one attached hydrogen (secondary N) is 2. The number of hydrogen-bond acceptors (Lipinski definition) is 2. The van der Waals surface area contributed by atoms with Crippen molar-refractivity contribution in [2.24, 2.45) is 23.7 Å². The first kappa shape index (κ1) is 15.5. The maximum absolute atomic E-state index is 11.9. The van der Waals surface area contributed by atoms with Crippen LogP contribution in [0.25, 0.3) is 0 Å². The van der Waals surface area contributed by atoms with E-state index in [-0.39, 0.29) is 5.91 Å². The fourth-order valence-corrected chi connectivity index (χ4v) is 2.46. The average Bonchev–Trinajstić information content (AvgIpc) is 2.36. The predicted octanol–water partition coefficient (Wildman–Crippen LogP) is 2.42. The summed E-state index contributed by atoms with van der Waals surface area (Å²) in [6.07, 6.45) is 3.13. The van der Waals surface area contributed by atoms with Gasteiger partial charge in [0.15, 0.2) is 0 Å². The normalized spacial score (nSPS) is 20.7. The van der Waals surface area contributed by atoms with Crippen molar-refractivity contribution in [1.82, 2.24) is 10.6 Å². The average molecular weight is 254 g/mol. The molecule has 106 valence electrons. The van der Waals surface area contributed by atoms with Crippen LogP contribution in [-0.4, -0.2) is 25.5 Å². The Bertz CT molecular complexity index is 247. The molecule has 0 aliphatic carbocycles. The van der Waals surface area contributed by atoms with Gasteiger partial charge in [0, 0.05) is 13.0 Å². The molecule has 1 heterocycles. The second-order valence-electron chi connectivity index (χ2n) is 6.29. The molecular weight excluding hydrogens is 224 g/mol. The maximum atomic E-state index is 11.9. The minimum atomic E-state index is 0.230. The van der Waals surface area contributed by atoms with Gasteiger partial charge in [-0.2, -0.15) is 0 Å². The zero-order valence-electron chi connectivity index (χ0n) is 12.5. The summed E-state index contributed by atoms with van der Waals surface area (Å²) in [5.74, 6) is 2.66. The molecule has 2 N–H and O–H groups in total. The molecule has 0 saturated carbocycles. The van der Waals surface area contributed by atoms with E-state index in [9.17, 15) is 4.79 Å². The van der Waals surface area contributed by atoms with Crippen molar-refractivity contribution in [3.63, 3.8) is 0 Å². The Kier molecular flexibility index (Phi) is 6.69. The largest absolute Gasteiger partial charge is 0.356 e. The van der Waals surface area contributed by atoms with Crippen LogP contribution in [0.5, 0.6) is 0 Å². The number of piperidine rings is 1. The summed E-state index contributed by atoms with van der Waals surface area (Å²) in [4.78, 5) is 11.9. The summed E-state index contributed by atoms with van der Waals surface area (Å²) in [7, 11) is 0. The lowest BCUT2D eigenvalue weighted by Crippen LogP contribution is -2.35. The molecule has 18 heavy (non-hydrogen) atoms. The molecule has 0 aromatic carbocycles. The molecule has 3 heteroatoms. The van der Waals surface area contributed by atoms with E-state index in [1.54, 1.807) is 0 Å². The molecule has 0 spiro atoms. The number of amides is 1. The molecule has 2 unspecified atom stereocenters. The van der Waals surface area contributed by atoms with Crippen LogP contribution in [0.15, 0.2) is 0 Å². The van der Waals surface area contributed by atoms with Crippen molar-refractivity contribution in [2.45, 2.75) is 47.0 Å². The highest BCUT2D eigenvalue weighted by Crippen LogP contribution is 2.24. The lowest BCUT2D eigenvalue weighted by atomic mass is 9.84. The number of carbonyl (C=O) groups is 1. The summed E-state index contributed by atoms with van der Waals surface area (Å²) in [6, 6.07) is 0. The molecule has 2 atom stereocenters. The molecule has 1 saturated heterocycles. The van der Waals surface area contributed by atoms with Gasteiger partial charge in [-0.25, -0.2) is 0 Å². The molecule has 1 rings (SSSR count). The fourth-order valence-electron chi connectivity index (χ4n) is 2.46. The first-order chi connectivity index (χ1) is 8.50. The van der Waals surface area contributed by atoms with E-state index in [2.05, 4.69) is 38.3 Å². The number of carbonyl (C=O) groups excluding carboxylic acids is 1. The van der Waals surface area contributed by atoms with E-state index in [4.69, 9.17) is 0 Å². The topological polar surface area (TPSA) is 41.1 Å². The van der Waals surface area contributed by atoms with Crippen molar-refractivity contribution >= 4 is 5.91 Å². The van der Waals surface area contributed by atoms with Crippen molar-refractivity contribution in [3.8, 4) is 0 Å². The van der Waals surface area contributed by atoms with Crippen LogP contribution < -0.4 is 10.6 Å². The molecule has 0 aromatic heterocycles. The van der Waals surface area contributed by atoms with E-state index in [0.717, 1.165) is 25.6 Å². The minimum absolute atomic E-state index is 0.230. The van der Waals surface area contributed by atoms with Crippen LogP contribution in [0.2, 0.25) is 0 Å². The van der Waals surface area contributed by atoms with Crippen LogP contribution in [-0.2, 0) is 4.79 Å². The van der Waals surface area contributed by atoms with E-state index >= 15 is 0 Å². The van der Waals surface area contributed by atoms with Gasteiger partial charge in [-0.1, -0.05) is 27.7 Å². The third-order valence-corrected chi connectivity index (χ3v) is 4.46. The monoisotopic (exact) mass is 254 g/mol. The highest BCUT2D eigenvalue weighted by molar-refractivity contribution is 5.76. The standard InChI is InChI=1S/C15H30N2O/c1-11(2)13(4)10-17-15(18)9-12(3)14-5-7-16-8-6-14/h11-14,16H,5-10H2,1-4H3,(H,17,18). The van der Waals surface area contributed by atoms with Crippen LogP contribution in [0, 0.1) is 23.7 Å². The van der Waals surface area contributed by atoms with Crippen molar-refractivity contribution < 1.29 is 4.79 Å². The molecular formula is C15H30N2O. The minimum Gasteiger partial charge on any atom is -0.356 e. The van der Waals surface area contributed by atoms with Crippen LogP contribution in [0.3, 0.4) is 0 Å². The van der Waals surface area contributed by atoms with Gasteiger partial charge in [0.25, 0.3) is 0 Å². The summed E-state index contributed by atoms with van der Waals surface area (Å²) < 4.78 is 0. The summed E-state index contributed by atoms with van der Waals surface area (Å²) >= 11 is 0. The third-order valence-electron chi connectivity index (χ3n) is 4.46. The van der Waals surface area contributed by atoms with Gasteiger partial charge in [0.2, 0.25) is 5.91 Å². The first-order valence-electron chi connectivity index (χ1n) is 7.48. The second kappa shape index (κ2) is 7.78. The molecule has 1 aliphatic rings. The van der Waals surface area contributed by atoms with Crippen LogP contribution in [0.1, 0.15) is 47.0 Å². The van der Waals surface area contributed by atoms with Gasteiger partial charge in [-0.15, -0.1) is 0 Å². The highest BCUT2D eigenvalue weighted by atomic mass is 16.1. The molecule has 1 aliphatic heterocycles. The maximum Gasteiger partial charge on any atom is 0.220 e. The van der Waals surface area contributed by atoms with E-state index in [0.29, 0.717) is 24.2 Å². The smallest absolute Gasteiger partial charge is 0.220 e. The molecule has 0 bridgehead atoms. The summed E-state index contributed by atoms with van der Waals surface area (Å²) in [5.41, 5.74) is 0. The molecule has 0 aromatic rings.